The van der Waals surface area contributed by atoms with Crippen molar-refractivity contribution in [3.63, 3.8) is 0 Å². The summed E-state index contributed by atoms with van der Waals surface area (Å²) in [6.07, 6.45) is -4.97. The fourth-order valence-electron chi connectivity index (χ4n) is 5.61. The number of rotatable bonds is 3. The molecule has 0 aromatic heterocycles. The molecule has 0 unspecified atom stereocenters. The zero-order chi connectivity index (χ0) is 29.2. The van der Waals surface area contributed by atoms with Crippen molar-refractivity contribution in [3.8, 4) is 51.7 Å². The Morgan fingerprint density at radius 2 is 1.22 bits per heavy atom. The standard InChI is InChI=1S/C30H26O11/c31-14-3-4-15-24(9-14)40-29(13-2-6-18(33)21(36)8-13)27(39)25(15)26-22(37)11-19(34)16-10-23(38)28(41-30(16)26)12-1-5-17(32)20(35)7-12/h1-9,11,23,25,27-29,31-39H,10H2/t23-,25+,27-,28+,29-/m0/s1. The topological polar surface area (TPSA) is 201 Å². The van der Waals surface area contributed by atoms with Gasteiger partial charge in [0.2, 0.25) is 0 Å². The van der Waals surface area contributed by atoms with Gasteiger partial charge in [0.15, 0.2) is 29.1 Å². The first-order valence-electron chi connectivity index (χ1n) is 12.7. The Morgan fingerprint density at radius 1 is 0.585 bits per heavy atom. The molecule has 4 aromatic carbocycles. The Bertz CT molecular complexity index is 1670. The van der Waals surface area contributed by atoms with Gasteiger partial charge >= 0.3 is 0 Å². The molecule has 0 fully saturated rings. The zero-order valence-corrected chi connectivity index (χ0v) is 21.2. The molecule has 41 heavy (non-hydrogen) atoms. The molecule has 2 aliphatic heterocycles. The third kappa shape index (κ3) is 4.31. The maximum absolute atomic E-state index is 11.7. The number of aromatic hydroxyl groups is 7. The van der Waals surface area contributed by atoms with Crippen molar-refractivity contribution in [2.24, 2.45) is 0 Å². The van der Waals surface area contributed by atoms with Gasteiger partial charge in [-0.15, -0.1) is 0 Å². The van der Waals surface area contributed by atoms with Crippen molar-refractivity contribution in [1.82, 2.24) is 0 Å². The molecule has 0 saturated carbocycles. The lowest BCUT2D eigenvalue weighted by atomic mass is 9.78. The number of benzene rings is 4. The van der Waals surface area contributed by atoms with Crippen LogP contribution in [0, 0.1) is 0 Å². The van der Waals surface area contributed by atoms with Gasteiger partial charge in [-0.2, -0.15) is 0 Å². The molecule has 0 amide bonds. The number of aliphatic hydroxyl groups excluding tert-OH is 2. The average molecular weight is 563 g/mol. The van der Waals surface area contributed by atoms with E-state index in [1.54, 1.807) is 0 Å². The maximum Gasteiger partial charge on any atom is 0.157 e. The first kappa shape index (κ1) is 26.2. The van der Waals surface area contributed by atoms with Crippen molar-refractivity contribution < 1.29 is 55.4 Å². The molecule has 0 bridgehead atoms. The normalized spacial score (nSPS) is 23.1. The predicted octanol–water partition coefficient (Wildman–Crippen LogP) is 3.29. The number of aliphatic hydroxyl groups is 2. The van der Waals surface area contributed by atoms with Gasteiger partial charge < -0.3 is 55.4 Å². The number of ether oxygens (including phenoxy) is 2. The highest BCUT2D eigenvalue weighted by atomic mass is 16.5. The lowest BCUT2D eigenvalue weighted by molar-refractivity contribution is 0.00186. The molecule has 0 spiro atoms. The van der Waals surface area contributed by atoms with E-state index in [9.17, 15) is 46.0 Å². The second-order valence-corrected chi connectivity index (χ2v) is 10.2. The third-order valence-electron chi connectivity index (χ3n) is 7.59. The Labute approximate surface area is 232 Å². The minimum absolute atomic E-state index is 0.0114. The van der Waals surface area contributed by atoms with E-state index in [0.29, 0.717) is 11.1 Å². The van der Waals surface area contributed by atoms with Gasteiger partial charge in [-0.25, -0.2) is 0 Å². The first-order valence-corrected chi connectivity index (χ1v) is 12.7. The molecule has 0 saturated heterocycles. The minimum Gasteiger partial charge on any atom is -0.508 e. The van der Waals surface area contributed by atoms with Crippen LogP contribution in [0.1, 0.15) is 45.9 Å². The molecule has 2 aliphatic rings. The minimum atomic E-state index is -1.43. The van der Waals surface area contributed by atoms with Crippen LogP contribution in [0.25, 0.3) is 0 Å². The Kier molecular flexibility index (Phi) is 6.13. The molecule has 9 N–H and O–H groups in total. The zero-order valence-electron chi connectivity index (χ0n) is 21.2. The van der Waals surface area contributed by atoms with Crippen LogP contribution < -0.4 is 9.47 Å². The van der Waals surface area contributed by atoms with Gasteiger partial charge in [0.1, 0.15) is 41.0 Å². The maximum atomic E-state index is 11.7. The first-order chi connectivity index (χ1) is 19.5. The quantitative estimate of drug-likeness (QED) is 0.166. The molecule has 11 nitrogen and oxygen atoms in total. The van der Waals surface area contributed by atoms with Crippen molar-refractivity contribution in [2.45, 2.75) is 36.8 Å². The van der Waals surface area contributed by atoms with Gasteiger partial charge in [0.05, 0.1) is 6.10 Å². The summed E-state index contributed by atoms with van der Waals surface area (Å²) in [5, 5.41) is 94.4. The van der Waals surface area contributed by atoms with Gasteiger partial charge in [-0.1, -0.05) is 18.2 Å². The van der Waals surface area contributed by atoms with Crippen LogP contribution in [0.3, 0.4) is 0 Å². The molecular weight excluding hydrogens is 536 g/mol. The SMILES string of the molecule is Oc1ccc2c(c1)O[C@@H](c1ccc(O)c(O)c1)[C@@H](O)[C@H]2c1c(O)cc(O)c2c1O[C@H](c1ccc(O)c(O)c1)[C@@H](O)C2. The molecule has 11 heteroatoms. The third-order valence-corrected chi connectivity index (χ3v) is 7.59. The number of phenolic OH excluding ortho intramolecular Hbond substituents is 7. The van der Waals surface area contributed by atoms with E-state index < -0.39 is 47.6 Å². The average Bonchev–Trinajstić information content (AvgIpc) is 2.93. The molecule has 0 radical (unpaired) electrons. The lowest BCUT2D eigenvalue weighted by Gasteiger charge is -2.40. The molecule has 212 valence electrons. The summed E-state index contributed by atoms with van der Waals surface area (Å²) in [6, 6.07) is 13.1. The second kappa shape index (κ2) is 9.58. The van der Waals surface area contributed by atoms with E-state index in [0.717, 1.165) is 6.07 Å². The largest absolute Gasteiger partial charge is 0.508 e. The van der Waals surface area contributed by atoms with E-state index in [1.165, 1.54) is 54.6 Å². The number of fused-ring (bicyclic) bond motifs is 2. The summed E-state index contributed by atoms with van der Waals surface area (Å²) < 4.78 is 12.2. The highest BCUT2D eigenvalue weighted by Gasteiger charge is 2.44. The molecular formula is C30H26O11. The van der Waals surface area contributed by atoms with E-state index in [2.05, 4.69) is 0 Å². The van der Waals surface area contributed by atoms with Crippen LogP contribution in [-0.2, 0) is 6.42 Å². The summed E-state index contributed by atoms with van der Waals surface area (Å²) >= 11 is 0. The number of hydrogen-bond donors (Lipinski definition) is 9. The number of phenols is 7. The Hall–Kier alpha value is -5.00. The summed E-state index contributed by atoms with van der Waals surface area (Å²) in [5.74, 6) is -3.45. The van der Waals surface area contributed by atoms with Crippen molar-refractivity contribution >= 4 is 0 Å². The van der Waals surface area contributed by atoms with E-state index in [1.807, 2.05) is 0 Å². The summed E-state index contributed by atoms with van der Waals surface area (Å²) in [7, 11) is 0. The highest BCUT2D eigenvalue weighted by Crippen LogP contribution is 2.55. The molecule has 2 heterocycles. The van der Waals surface area contributed by atoms with Gasteiger partial charge in [-0.05, 0) is 41.5 Å². The fourth-order valence-corrected chi connectivity index (χ4v) is 5.61. The summed E-state index contributed by atoms with van der Waals surface area (Å²) in [4.78, 5) is 0. The molecule has 4 aromatic rings. The Balaban J connectivity index is 1.53. The number of hydrogen-bond acceptors (Lipinski definition) is 11. The van der Waals surface area contributed by atoms with E-state index >= 15 is 0 Å². The molecule has 5 atom stereocenters. The monoisotopic (exact) mass is 562 g/mol. The second-order valence-electron chi connectivity index (χ2n) is 10.2. The smallest absolute Gasteiger partial charge is 0.157 e. The van der Waals surface area contributed by atoms with E-state index in [4.69, 9.17) is 9.47 Å². The molecule has 0 aliphatic carbocycles. The predicted molar refractivity (Wildman–Crippen MR) is 142 cm³/mol. The van der Waals surface area contributed by atoms with Gasteiger partial charge in [-0.3, -0.25) is 0 Å². The van der Waals surface area contributed by atoms with E-state index in [-0.39, 0.29) is 57.6 Å². The summed E-state index contributed by atoms with van der Waals surface area (Å²) in [6.45, 7) is 0. The van der Waals surface area contributed by atoms with Crippen LogP contribution in [-0.4, -0.2) is 58.2 Å². The fraction of sp³-hybridized carbons (Fsp3) is 0.200. The van der Waals surface area contributed by atoms with Crippen molar-refractivity contribution in [3.05, 3.63) is 88.5 Å². The lowest BCUT2D eigenvalue weighted by Crippen LogP contribution is -2.36. The van der Waals surface area contributed by atoms with Crippen LogP contribution >= 0.6 is 0 Å². The van der Waals surface area contributed by atoms with Crippen LogP contribution in [0.5, 0.6) is 51.7 Å². The van der Waals surface area contributed by atoms with Crippen LogP contribution in [0.15, 0.2) is 60.7 Å². The van der Waals surface area contributed by atoms with Crippen molar-refractivity contribution in [2.75, 3.05) is 0 Å². The van der Waals surface area contributed by atoms with Crippen molar-refractivity contribution in [1.29, 1.82) is 0 Å². The molecule has 6 rings (SSSR count). The van der Waals surface area contributed by atoms with Gasteiger partial charge in [0, 0.05) is 41.2 Å². The van der Waals surface area contributed by atoms with Crippen LogP contribution in [0.4, 0.5) is 0 Å². The summed E-state index contributed by atoms with van der Waals surface area (Å²) in [5.41, 5.74) is 1.19. The van der Waals surface area contributed by atoms with Gasteiger partial charge in [0.25, 0.3) is 0 Å². The highest BCUT2D eigenvalue weighted by molar-refractivity contribution is 5.63. The Morgan fingerprint density at radius 3 is 1.85 bits per heavy atom. The van der Waals surface area contributed by atoms with Crippen LogP contribution in [0.2, 0.25) is 0 Å².